The molecule has 94 valence electrons. The Morgan fingerprint density at radius 1 is 0.833 bits per heavy atom. The second kappa shape index (κ2) is 5.47. The molecule has 0 aliphatic rings. The van der Waals surface area contributed by atoms with Crippen molar-refractivity contribution in [3.8, 4) is 0 Å². The van der Waals surface area contributed by atoms with Gasteiger partial charge in [0.15, 0.2) is 0 Å². The van der Waals surface area contributed by atoms with Crippen LogP contribution in [-0.4, -0.2) is 0 Å². The van der Waals surface area contributed by atoms with Gasteiger partial charge in [-0.05, 0) is 36.4 Å². The van der Waals surface area contributed by atoms with Crippen molar-refractivity contribution in [2.45, 2.75) is 6.04 Å². The van der Waals surface area contributed by atoms with Crippen LogP contribution in [0.4, 0.5) is 8.78 Å². The number of hydrogen-bond acceptors (Lipinski definition) is 1. The van der Waals surface area contributed by atoms with Gasteiger partial charge in [-0.15, -0.1) is 0 Å². The molecule has 0 bridgehead atoms. The van der Waals surface area contributed by atoms with Crippen molar-refractivity contribution in [2.75, 3.05) is 0 Å². The van der Waals surface area contributed by atoms with Crippen LogP contribution in [0.2, 0.25) is 0 Å². The molecule has 2 aromatic carbocycles. The minimum absolute atomic E-state index is 0.251. The van der Waals surface area contributed by atoms with E-state index in [1.54, 1.807) is 24.3 Å². The summed E-state index contributed by atoms with van der Waals surface area (Å²) in [6, 6.07) is 8.01. The van der Waals surface area contributed by atoms with Crippen molar-refractivity contribution in [3.63, 3.8) is 0 Å². The lowest BCUT2D eigenvalue weighted by molar-refractivity contribution is 0.575. The third-order valence-electron chi connectivity index (χ3n) is 2.59. The molecular weight excluding hydrogens is 368 g/mol. The molecule has 1 nitrogen and oxygen atoms in total. The molecule has 0 aliphatic carbocycles. The zero-order chi connectivity index (χ0) is 13.3. The molecule has 0 atom stereocenters. The van der Waals surface area contributed by atoms with Gasteiger partial charge in [0.1, 0.15) is 11.6 Å². The quantitative estimate of drug-likeness (QED) is 0.818. The molecule has 0 saturated heterocycles. The van der Waals surface area contributed by atoms with E-state index in [-0.39, 0.29) is 11.1 Å². The molecule has 0 unspecified atom stereocenters. The molecular formula is C13H9Br2F2N. The lowest BCUT2D eigenvalue weighted by atomic mass is 9.99. The minimum atomic E-state index is -0.847. The molecule has 2 aromatic rings. The summed E-state index contributed by atoms with van der Waals surface area (Å²) in [4.78, 5) is 0. The Bertz CT molecular complexity index is 536. The zero-order valence-electron chi connectivity index (χ0n) is 9.13. The van der Waals surface area contributed by atoms with E-state index in [4.69, 9.17) is 5.73 Å². The molecule has 0 saturated carbocycles. The SMILES string of the molecule is NC(c1cc(Br)ccc1F)c1cc(Br)ccc1F. The highest BCUT2D eigenvalue weighted by Crippen LogP contribution is 2.28. The first kappa shape index (κ1) is 13.6. The van der Waals surface area contributed by atoms with Crippen molar-refractivity contribution >= 4 is 31.9 Å². The van der Waals surface area contributed by atoms with Crippen molar-refractivity contribution < 1.29 is 8.78 Å². The lowest BCUT2D eigenvalue weighted by Gasteiger charge is -2.15. The summed E-state index contributed by atoms with van der Waals surface area (Å²) in [5.74, 6) is -0.907. The number of nitrogens with two attached hydrogens (primary N) is 1. The smallest absolute Gasteiger partial charge is 0.128 e. The first-order chi connectivity index (χ1) is 8.49. The average Bonchev–Trinajstić information content (AvgIpc) is 2.34. The van der Waals surface area contributed by atoms with E-state index in [1.807, 2.05) is 0 Å². The number of halogens is 4. The van der Waals surface area contributed by atoms with Crippen molar-refractivity contribution in [1.29, 1.82) is 0 Å². The van der Waals surface area contributed by atoms with E-state index in [0.717, 1.165) is 0 Å². The van der Waals surface area contributed by atoms with Gasteiger partial charge in [0.2, 0.25) is 0 Å². The average molecular weight is 377 g/mol. The van der Waals surface area contributed by atoms with Gasteiger partial charge in [0.25, 0.3) is 0 Å². The van der Waals surface area contributed by atoms with E-state index < -0.39 is 17.7 Å². The Morgan fingerprint density at radius 3 is 1.61 bits per heavy atom. The Balaban J connectivity index is 2.50. The van der Waals surface area contributed by atoms with Crippen LogP contribution in [0.25, 0.3) is 0 Å². The molecule has 2 N–H and O–H groups in total. The summed E-state index contributed by atoms with van der Waals surface area (Å²) in [6.07, 6.45) is 0. The Morgan fingerprint density at radius 2 is 1.22 bits per heavy atom. The molecule has 0 heterocycles. The first-order valence-corrected chi connectivity index (χ1v) is 6.73. The van der Waals surface area contributed by atoms with E-state index in [0.29, 0.717) is 8.95 Å². The van der Waals surface area contributed by atoms with E-state index in [9.17, 15) is 8.78 Å². The summed E-state index contributed by atoms with van der Waals surface area (Å²) in [6.45, 7) is 0. The number of benzene rings is 2. The molecule has 0 radical (unpaired) electrons. The number of hydrogen-bond donors (Lipinski definition) is 1. The first-order valence-electron chi connectivity index (χ1n) is 5.14. The maximum atomic E-state index is 13.7. The third-order valence-corrected chi connectivity index (χ3v) is 3.57. The highest BCUT2D eigenvalue weighted by molar-refractivity contribution is 9.10. The highest BCUT2D eigenvalue weighted by Gasteiger charge is 2.17. The second-order valence-electron chi connectivity index (χ2n) is 3.81. The normalized spacial score (nSPS) is 11.0. The molecule has 0 fully saturated rings. The predicted octanol–water partition coefficient (Wildman–Crippen LogP) is 4.54. The second-order valence-corrected chi connectivity index (χ2v) is 5.64. The van der Waals surface area contributed by atoms with Gasteiger partial charge in [-0.2, -0.15) is 0 Å². The Hall–Kier alpha value is -0.780. The van der Waals surface area contributed by atoms with Gasteiger partial charge in [0, 0.05) is 20.1 Å². The summed E-state index contributed by atoms with van der Waals surface area (Å²) in [5, 5.41) is 0. The van der Waals surface area contributed by atoms with E-state index >= 15 is 0 Å². The molecule has 5 heteroatoms. The fraction of sp³-hybridized carbons (Fsp3) is 0.0769. The lowest BCUT2D eigenvalue weighted by Crippen LogP contribution is -2.15. The summed E-state index contributed by atoms with van der Waals surface area (Å²) in [5.41, 5.74) is 6.44. The van der Waals surface area contributed by atoms with Crippen LogP contribution in [0.15, 0.2) is 45.3 Å². The number of rotatable bonds is 2. The Kier molecular flexibility index (Phi) is 4.14. The van der Waals surface area contributed by atoms with Crippen LogP contribution in [0.1, 0.15) is 17.2 Å². The van der Waals surface area contributed by atoms with Gasteiger partial charge in [-0.25, -0.2) is 8.78 Å². The molecule has 2 rings (SSSR count). The predicted molar refractivity (Wildman–Crippen MR) is 74.2 cm³/mol. The third kappa shape index (κ3) is 2.79. The van der Waals surface area contributed by atoms with Gasteiger partial charge in [-0.3, -0.25) is 0 Å². The van der Waals surface area contributed by atoms with E-state index in [2.05, 4.69) is 31.9 Å². The van der Waals surface area contributed by atoms with Crippen LogP contribution >= 0.6 is 31.9 Å². The van der Waals surface area contributed by atoms with Crippen LogP contribution in [-0.2, 0) is 0 Å². The van der Waals surface area contributed by atoms with Gasteiger partial charge in [0.05, 0.1) is 6.04 Å². The van der Waals surface area contributed by atoms with Crippen LogP contribution in [0.3, 0.4) is 0 Å². The van der Waals surface area contributed by atoms with Crippen LogP contribution in [0, 0.1) is 11.6 Å². The zero-order valence-corrected chi connectivity index (χ0v) is 12.3. The fourth-order valence-electron chi connectivity index (χ4n) is 1.67. The van der Waals surface area contributed by atoms with Gasteiger partial charge in [-0.1, -0.05) is 31.9 Å². The summed E-state index contributed by atoms with van der Waals surface area (Å²) >= 11 is 6.49. The molecule has 18 heavy (non-hydrogen) atoms. The standard InChI is InChI=1S/C13H9Br2F2N/c14-7-1-3-11(16)9(5-7)13(18)10-6-8(15)2-4-12(10)17/h1-6,13H,18H2. The van der Waals surface area contributed by atoms with Crippen molar-refractivity contribution in [2.24, 2.45) is 5.73 Å². The fourth-order valence-corrected chi connectivity index (χ4v) is 2.43. The summed E-state index contributed by atoms with van der Waals surface area (Å²) < 4.78 is 28.8. The van der Waals surface area contributed by atoms with Crippen LogP contribution in [0.5, 0.6) is 0 Å². The van der Waals surface area contributed by atoms with Gasteiger partial charge >= 0.3 is 0 Å². The molecule has 0 spiro atoms. The van der Waals surface area contributed by atoms with Gasteiger partial charge < -0.3 is 5.73 Å². The summed E-state index contributed by atoms with van der Waals surface area (Å²) in [7, 11) is 0. The maximum absolute atomic E-state index is 13.7. The minimum Gasteiger partial charge on any atom is -0.320 e. The van der Waals surface area contributed by atoms with Crippen molar-refractivity contribution in [1.82, 2.24) is 0 Å². The maximum Gasteiger partial charge on any atom is 0.128 e. The monoisotopic (exact) mass is 375 g/mol. The molecule has 0 aromatic heterocycles. The largest absolute Gasteiger partial charge is 0.320 e. The Labute approximate surface area is 120 Å². The molecule has 0 aliphatic heterocycles. The van der Waals surface area contributed by atoms with Crippen LogP contribution < -0.4 is 5.73 Å². The topological polar surface area (TPSA) is 26.0 Å². The highest BCUT2D eigenvalue weighted by atomic mass is 79.9. The van der Waals surface area contributed by atoms with Crippen molar-refractivity contribution in [3.05, 3.63) is 68.1 Å². The van der Waals surface area contributed by atoms with E-state index in [1.165, 1.54) is 12.1 Å². The molecule has 0 amide bonds.